The Morgan fingerprint density at radius 1 is 0.383 bits per heavy atom. The van der Waals surface area contributed by atoms with Gasteiger partial charge in [0, 0.05) is 44.5 Å². The van der Waals surface area contributed by atoms with Gasteiger partial charge in [0.1, 0.15) is 11.5 Å². The molecule has 0 saturated heterocycles. The first-order valence-corrected chi connectivity index (χ1v) is 18.8. The lowest BCUT2D eigenvalue weighted by molar-refractivity contribution is 0.487. The van der Waals surface area contributed by atoms with Gasteiger partial charge in [-0.3, -0.25) is 0 Å². The molecular weight excluding hydrogens is 589 g/mol. The maximum absolute atomic E-state index is 6.84. The minimum absolute atomic E-state index is 0.983. The molecule has 0 spiro atoms. The fourth-order valence-electron chi connectivity index (χ4n) is 8.92. The molecule has 0 aromatic heterocycles. The number of ether oxygens (including phenoxy) is 1. The SMILES string of the molecule is C[Si]12c3c4cccc3N(c3ccccc3)c3cccc(c31)N(c1ccc3c5ccccc5c5ccccc5c3c1)c1cccc(c12)O4. The number of hydrogen-bond donors (Lipinski definition) is 0. The van der Waals surface area contributed by atoms with Gasteiger partial charge in [0.15, 0.2) is 8.07 Å². The fourth-order valence-corrected chi connectivity index (χ4v) is 13.8. The van der Waals surface area contributed by atoms with E-state index in [0.29, 0.717) is 0 Å². The molecule has 0 saturated carbocycles. The zero-order valence-corrected chi connectivity index (χ0v) is 26.7. The monoisotopic (exact) mass is 616 g/mol. The van der Waals surface area contributed by atoms with E-state index in [4.69, 9.17) is 4.74 Å². The van der Waals surface area contributed by atoms with Crippen LogP contribution in [0.3, 0.4) is 0 Å². The van der Waals surface area contributed by atoms with Crippen molar-refractivity contribution in [3.05, 3.63) is 152 Å². The fraction of sp³-hybridized carbons (Fsp3) is 0.0233. The molecule has 220 valence electrons. The van der Waals surface area contributed by atoms with E-state index in [1.165, 1.54) is 70.6 Å². The smallest absolute Gasteiger partial charge is 0.165 e. The molecule has 3 aliphatic rings. The van der Waals surface area contributed by atoms with Crippen molar-refractivity contribution in [1.82, 2.24) is 0 Å². The lowest BCUT2D eigenvalue weighted by Crippen LogP contribution is -2.72. The zero-order valence-electron chi connectivity index (χ0n) is 25.7. The molecule has 1 unspecified atom stereocenters. The third-order valence-electron chi connectivity index (χ3n) is 10.7. The summed E-state index contributed by atoms with van der Waals surface area (Å²) >= 11 is 0. The highest BCUT2D eigenvalue weighted by molar-refractivity contribution is 7.15. The Hall–Kier alpha value is -5.84. The van der Waals surface area contributed by atoms with Gasteiger partial charge in [0.2, 0.25) is 0 Å². The zero-order chi connectivity index (χ0) is 30.9. The van der Waals surface area contributed by atoms with E-state index in [2.05, 4.69) is 168 Å². The Balaban J connectivity index is 1.25. The number of anilines is 6. The van der Waals surface area contributed by atoms with E-state index in [1.54, 1.807) is 0 Å². The van der Waals surface area contributed by atoms with Gasteiger partial charge in [-0.2, -0.15) is 0 Å². The predicted molar refractivity (Wildman–Crippen MR) is 199 cm³/mol. The normalized spacial score (nSPS) is 16.8. The van der Waals surface area contributed by atoms with Gasteiger partial charge >= 0.3 is 0 Å². The molecule has 8 aromatic carbocycles. The molecule has 0 aliphatic carbocycles. The molecular formula is C43H28N2OSi. The topological polar surface area (TPSA) is 15.7 Å². The van der Waals surface area contributed by atoms with Gasteiger partial charge < -0.3 is 14.5 Å². The van der Waals surface area contributed by atoms with Crippen LogP contribution in [-0.2, 0) is 0 Å². The van der Waals surface area contributed by atoms with E-state index < -0.39 is 8.07 Å². The summed E-state index contributed by atoms with van der Waals surface area (Å²) in [7, 11) is -2.50. The highest BCUT2D eigenvalue weighted by Gasteiger charge is 2.55. The first kappa shape index (κ1) is 25.4. The summed E-state index contributed by atoms with van der Waals surface area (Å²) in [4.78, 5) is 4.95. The third kappa shape index (κ3) is 3.11. The van der Waals surface area contributed by atoms with Gasteiger partial charge in [-0.25, -0.2) is 0 Å². The molecule has 0 radical (unpaired) electrons. The average Bonchev–Trinajstić information content (AvgIpc) is 3.12. The molecule has 3 aliphatic heterocycles. The van der Waals surface area contributed by atoms with Crippen molar-refractivity contribution in [2.45, 2.75) is 6.55 Å². The number of nitrogens with zero attached hydrogens (tertiary/aromatic N) is 2. The van der Waals surface area contributed by atoms with E-state index in [-0.39, 0.29) is 0 Å². The second-order valence-corrected chi connectivity index (χ2v) is 16.8. The van der Waals surface area contributed by atoms with Crippen LogP contribution in [0, 0.1) is 0 Å². The second kappa shape index (κ2) is 8.90. The molecule has 0 bridgehead atoms. The van der Waals surface area contributed by atoms with Gasteiger partial charge in [-0.15, -0.1) is 0 Å². The van der Waals surface area contributed by atoms with E-state index in [0.717, 1.165) is 22.9 Å². The lowest BCUT2D eigenvalue weighted by Gasteiger charge is -2.51. The van der Waals surface area contributed by atoms with Gasteiger partial charge in [0.05, 0.1) is 0 Å². The van der Waals surface area contributed by atoms with Crippen molar-refractivity contribution in [1.29, 1.82) is 0 Å². The van der Waals surface area contributed by atoms with Crippen molar-refractivity contribution >= 4 is 90.1 Å². The number of fused-ring (bicyclic) bond motifs is 6. The summed E-state index contributed by atoms with van der Waals surface area (Å²) in [5.74, 6) is 1.97. The van der Waals surface area contributed by atoms with Crippen molar-refractivity contribution in [3.8, 4) is 11.5 Å². The van der Waals surface area contributed by atoms with Crippen LogP contribution in [0.4, 0.5) is 34.1 Å². The van der Waals surface area contributed by atoms with Crippen molar-refractivity contribution in [2.75, 3.05) is 9.80 Å². The number of rotatable bonds is 2. The molecule has 11 rings (SSSR count). The highest BCUT2D eigenvalue weighted by Crippen LogP contribution is 2.51. The average molecular weight is 617 g/mol. The van der Waals surface area contributed by atoms with E-state index in [1.807, 2.05) is 0 Å². The van der Waals surface area contributed by atoms with Crippen molar-refractivity contribution in [3.63, 3.8) is 0 Å². The first-order valence-electron chi connectivity index (χ1n) is 16.3. The van der Waals surface area contributed by atoms with Gasteiger partial charge in [0.25, 0.3) is 0 Å². The second-order valence-electron chi connectivity index (χ2n) is 13.0. The highest BCUT2D eigenvalue weighted by atomic mass is 28.3. The Morgan fingerprint density at radius 2 is 0.830 bits per heavy atom. The van der Waals surface area contributed by atoms with Crippen LogP contribution in [-0.4, -0.2) is 8.07 Å². The van der Waals surface area contributed by atoms with Crippen LogP contribution in [0.25, 0.3) is 32.3 Å². The Morgan fingerprint density at radius 3 is 1.40 bits per heavy atom. The lowest BCUT2D eigenvalue weighted by atomic mass is 9.94. The molecule has 47 heavy (non-hydrogen) atoms. The Bertz CT molecular complexity index is 2610. The summed E-state index contributed by atoms with van der Waals surface area (Å²) in [6.07, 6.45) is 0. The van der Waals surface area contributed by atoms with Gasteiger partial charge in [-0.05, 0) is 98.2 Å². The number of para-hydroxylation sites is 1. The largest absolute Gasteiger partial charge is 0.457 e. The minimum atomic E-state index is -2.50. The van der Waals surface area contributed by atoms with Crippen LogP contribution in [0.15, 0.2) is 152 Å². The molecule has 8 aromatic rings. The summed E-state index contributed by atoms with van der Waals surface area (Å²) < 4.78 is 6.84. The minimum Gasteiger partial charge on any atom is -0.457 e. The Kier molecular flexibility index (Phi) is 4.80. The first-order chi connectivity index (χ1) is 23.2. The summed E-state index contributed by atoms with van der Waals surface area (Å²) in [6, 6.07) is 55.6. The maximum atomic E-state index is 6.84. The molecule has 3 heterocycles. The predicted octanol–water partition coefficient (Wildman–Crippen LogP) is 9.92. The van der Waals surface area contributed by atoms with Crippen LogP contribution in [0.2, 0.25) is 6.55 Å². The summed E-state index contributed by atoms with van der Waals surface area (Å²) in [6.45, 7) is 2.54. The molecule has 0 fully saturated rings. The van der Waals surface area contributed by atoms with Crippen molar-refractivity contribution in [2.24, 2.45) is 0 Å². The number of benzene rings is 8. The molecule has 1 atom stereocenters. The molecule has 4 heteroatoms. The summed E-state index contributed by atoms with van der Waals surface area (Å²) in [5, 5.41) is 11.9. The molecule has 3 nitrogen and oxygen atoms in total. The van der Waals surface area contributed by atoms with E-state index in [9.17, 15) is 0 Å². The summed E-state index contributed by atoms with van der Waals surface area (Å²) in [5.41, 5.74) is 7.29. The van der Waals surface area contributed by atoms with E-state index >= 15 is 0 Å². The Labute approximate surface area is 273 Å². The maximum Gasteiger partial charge on any atom is 0.165 e. The number of hydrogen-bond acceptors (Lipinski definition) is 3. The van der Waals surface area contributed by atoms with Gasteiger partial charge in [-0.1, -0.05) is 97.5 Å². The quantitative estimate of drug-likeness (QED) is 0.142. The van der Waals surface area contributed by atoms with Crippen molar-refractivity contribution < 1.29 is 4.74 Å². The third-order valence-corrected chi connectivity index (χ3v) is 15.2. The van der Waals surface area contributed by atoms with Crippen LogP contribution in [0.5, 0.6) is 11.5 Å². The molecule has 0 amide bonds. The standard InChI is InChI=1S/C43H28N2OSi/c1-47-41-35-18-9-19-36(41)45(28-24-25-33-31-16-6-5-14-29(31)30-15-7-8-17-32(30)34(33)26-28)38-21-11-23-40(43(38)47)46-39-22-10-20-37(42(39)47)44(35)27-12-3-2-4-13-27/h2-26H,1H3. The van der Waals surface area contributed by atoms with Crippen LogP contribution < -0.4 is 30.1 Å². The van der Waals surface area contributed by atoms with Crippen LogP contribution in [0.1, 0.15) is 0 Å². The molecule has 0 N–H and O–H groups in total. The van der Waals surface area contributed by atoms with Crippen LogP contribution >= 0.6 is 0 Å².